The Morgan fingerprint density at radius 2 is 1.81 bits per heavy atom. The van der Waals surface area contributed by atoms with Gasteiger partial charge in [-0.05, 0) is 24.6 Å². The normalized spacial score (nSPS) is 12.0. The zero-order valence-corrected chi connectivity index (χ0v) is 11.7. The van der Waals surface area contributed by atoms with Gasteiger partial charge in [-0.3, -0.25) is 10.1 Å². The molecule has 2 aromatic rings. The number of hydrogen-bond acceptors (Lipinski definition) is 3. The summed E-state index contributed by atoms with van der Waals surface area (Å²) in [6, 6.07) is 7.86. The second kappa shape index (κ2) is 6.05. The van der Waals surface area contributed by atoms with Crippen LogP contribution in [0.1, 0.15) is 18.5 Å². The van der Waals surface area contributed by atoms with E-state index in [1.165, 1.54) is 0 Å². The van der Waals surface area contributed by atoms with Crippen LogP contribution in [0, 0.1) is 21.7 Å². The van der Waals surface area contributed by atoms with Crippen molar-refractivity contribution in [2.45, 2.75) is 13.0 Å². The second-order valence-corrected chi connectivity index (χ2v) is 4.89. The summed E-state index contributed by atoms with van der Waals surface area (Å²) < 4.78 is 26.9. The van der Waals surface area contributed by atoms with Gasteiger partial charge >= 0.3 is 5.69 Å². The van der Waals surface area contributed by atoms with E-state index in [4.69, 9.17) is 11.6 Å². The molecule has 0 fully saturated rings. The molecule has 0 aromatic heterocycles. The van der Waals surface area contributed by atoms with Crippen molar-refractivity contribution < 1.29 is 13.7 Å². The number of nitro groups is 1. The lowest BCUT2D eigenvalue weighted by Crippen LogP contribution is -2.09. The van der Waals surface area contributed by atoms with Crippen LogP contribution in [-0.4, -0.2) is 4.92 Å². The van der Waals surface area contributed by atoms with E-state index < -0.39 is 22.2 Å². The minimum Gasteiger partial charge on any atom is -0.376 e. The molecular weight excluding hydrogens is 302 g/mol. The number of nitro benzene ring substituents is 1. The molecule has 0 bridgehead atoms. The van der Waals surface area contributed by atoms with Crippen LogP contribution in [0.3, 0.4) is 0 Å². The Hall–Kier alpha value is -2.21. The average molecular weight is 313 g/mol. The smallest absolute Gasteiger partial charge is 0.307 e. The molecule has 0 radical (unpaired) electrons. The number of halogens is 3. The molecule has 2 rings (SSSR count). The fourth-order valence-corrected chi connectivity index (χ4v) is 1.98. The number of nitrogens with zero attached hydrogens (tertiary/aromatic N) is 1. The molecule has 4 nitrogen and oxygen atoms in total. The highest BCUT2D eigenvalue weighted by Gasteiger charge is 2.19. The number of anilines is 1. The van der Waals surface area contributed by atoms with Gasteiger partial charge in [0.15, 0.2) is 0 Å². The Kier molecular flexibility index (Phi) is 4.37. The molecule has 21 heavy (non-hydrogen) atoms. The molecule has 7 heteroatoms. The van der Waals surface area contributed by atoms with Crippen molar-refractivity contribution in [2.75, 3.05) is 5.32 Å². The van der Waals surface area contributed by atoms with Gasteiger partial charge in [0, 0.05) is 23.2 Å². The lowest BCUT2D eigenvalue weighted by Gasteiger charge is -2.16. The van der Waals surface area contributed by atoms with Crippen LogP contribution in [0.25, 0.3) is 0 Å². The van der Waals surface area contributed by atoms with Crippen molar-refractivity contribution in [3.05, 3.63) is 68.7 Å². The monoisotopic (exact) mass is 312 g/mol. The molecule has 0 heterocycles. The van der Waals surface area contributed by atoms with E-state index in [1.54, 1.807) is 31.2 Å². The quantitative estimate of drug-likeness (QED) is 0.657. The maximum atomic E-state index is 13.7. The fourth-order valence-electron chi connectivity index (χ4n) is 1.86. The van der Waals surface area contributed by atoms with Crippen LogP contribution < -0.4 is 5.32 Å². The van der Waals surface area contributed by atoms with Crippen LogP contribution in [0.4, 0.5) is 20.2 Å². The van der Waals surface area contributed by atoms with Gasteiger partial charge in [-0.1, -0.05) is 23.7 Å². The van der Waals surface area contributed by atoms with Crippen LogP contribution >= 0.6 is 11.6 Å². The summed E-state index contributed by atoms with van der Waals surface area (Å²) in [4.78, 5) is 9.78. The van der Waals surface area contributed by atoms with Gasteiger partial charge in [-0.2, -0.15) is 4.39 Å². The lowest BCUT2D eigenvalue weighted by molar-refractivity contribution is -0.387. The number of hydrogen-bond donors (Lipinski definition) is 1. The van der Waals surface area contributed by atoms with Crippen LogP contribution in [0.5, 0.6) is 0 Å². The van der Waals surface area contributed by atoms with Crippen molar-refractivity contribution in [2.24, 2.45) is 0 Å². The zero-order chi connectivity index (χ0) is 15.6. The van der Waals surface area contributed by atoms with Crippen LogP contribution in [0.2, 0.25) is 5.02 Å². The number of benzene rings is 2. The first kappa shape index (κ1) is 15.2. The third-order valence-electron chi connectivity index (χ3n) is 2.98. The lowest BCUT2D eigenvalue weighted by atomic mass is 10.1. The van der Waals surface area contributed by atoms with E-state index in [0.29, 0.717) is 11.1 Å². The topological polar surface area (TPSA) is 55.2 Å². The van der Waals surface area contributed by atoms with Crippen molar-refractivity contribution >= 4 is 23.0 Å². The van der Waals surface area contributed by atoms with Gasteiger partial charge in [0.1, 0.15) is 5.82 Å². The standard InChI is InChI=1S/C14H11ClF2N2O2/c1-8(9-2-4-10(15)5-3-9)18-13-7-14(19(20)21)12(17)6-11(13)16/h2-8,18H,1H3. The van der Waals surface area contributed by atoms with E-state index in [1.807, 2.05) is 0 Å². The SMILES string of the molecule is CC(Nc1cc([N+](=O)[O-])c(F)cc1F)c1ccc(Cl)cc1. The first-order valence-corrected chi connectivity index (χ1v) is 6.41. The molecular formula is C14H11ClF2N2O2. The van der Waals surface area contributed by atoms with E-state index >= 15 is 0 Å². The summed E-state index contributed by atoms with van der Waals surface area (Å²) >= 11 is 5.78. The summed E-state index contributed by atoms with van der Waals surface area (Å²) in [5.41, 5.74) is -0.0986. The number of rotatable bonds is 4. The van der Waals surface area contributed by atoms with Crippen LogP contribution in [0.15, 0.2) is 36.4 Å². The minimum atomic E-state index is -1.21. The Balaban J connectivity index is 2.28. The zero-order valence-electron chi connectivity index (χ0n) is 10.9. The fraction of sp³-hybridized carbons (Fsp3) is 0.143. The molecule has 1 atom stereocenters. The summed E-state index contributed by atoms with van der Waals surface area (Å²) in [5, 5.41) is 14.0. The summed E-state index contributed by atoms with van der Waals surface area (Å²) in [5.74, 6) is -2.10. The molecule has 0 amide bonds. The Morgan fingerprint density at radius 3 is 2.38 bits per heavy atom. The molecule has 1 N–H and O–H groups in total. The highest BCUT2D eigenvalue weighted by molar-refractivity contribution is 6.30. The van der Waals surface area contributed by atoms with Gasteiger partial charge in [-0.25, -0.2) is 4.39 Å². The van der Waals surface area contributed by atoms with Crippen molar-refractivity contribution in [1.29, 1.82) is 0 Å². The van der Waals surface area contributed by atoms with Gasteiger partial charge in [0.05, 0.1) is 10.6 Å². The predicted octanol–water partition coefficient (Wildman–Crippen LogP) is 4.70. The van der Waals surface area contributed by atoms with Gasteiger partial charge in [-0.15, -0.1) is 0 Å². The van der Waals surface area contributed by atoms with E-state index in [9.17, 15) is 18.9 Å². The predicted molar refractivity (Wildman–Crippen MR) is 76.5 cm³/mol. The molecule has 0 aliphatic carbocycles. The number of nitrogens with one attached hydrogen (secondary N) is 1. The highest BCUT2D eigenvalue weighted by Crippen LogP contribution is 2.28. The highest BCUT2D eigenvalue weighted by atomic mass is 35.5. The first-order chi connectivity index (χ1) is 9.88. The van der Waals surface area contributed by atoms with E-state index in [2.05, 4.69) is 5.32 Å². The Morgan fingerprint density at radius 1 is 1.19 bits per heavy atom. The van der Waals surface area contributed by atoms with Crippen LogP contribution in [-0.2, 0) is 0 Å². The van der Waals surface area contributed by atoms with Gasteiger partial charge in [0.2, 0.25) is 5.82 Å². The van der Waals surface area contributed by atoms with Gasteiger partial charge < -0.3 is 5.32 Å². The molecule has 0 saturated carbocycles. The molecule has 1 unspecified atom stereocenters. The summed E-state index contributed by atoms with van der Waals surface area (Å²) in [7, 11) is 0. The Bertz CT molecular complexity index is 677. The summed E-state index contributed by atoms with van der Waals surface area (Å²) in [6.45, 7) is 1.75. The maximum absolute atomic E-state index is 13.7. The Labute approximate surface area is 124 Å². The average Bonchev–Trinajstić information content (AvgIpc) is 2.42. The molecule has 2 aromatic carbocycles. The minimum absolute atomic E-state index is 0.134. The van der Waals surface area contributed by atoms with Crippen molar-refractivity contribution in [3.63, 3.8) is 0 Å². The third-order valence-corrected chi connectivity index (χ3v) is 3.23. The molecule has 0 aliphatic heterocycles. The second-order valence-electron chi connectivity index (χ2n) is 4.46. The maximum Gasteiger partial charge on any atom is 0.307 e. The third kappa shape index (κ3) is 3.46. The van der Waals surface area contributed by atoms with Crippen molar-refractivity contribution in [3.8, 4) is 0 Å². The first-order valence-electron chi connectivity index (χ1n) is 6.04. The van der Waals surface area contributed by atoms with Gasteiger partial charge in [0.25, 0.3) is 0 Å². The largest absolute Gasteiger partial charge is 0.376 e. The molecule has 110 valence electrons. The van der Waals surface area contributed by atoms with E-state index in [-0.39, 0.29) is 11.7 Å². The van der Waals surface area contributed by atoms with E-state index in [0.717, 1.165) is 11.6 Å². The molecule has 0 aliphatic rings. The summed E-state index contributed by atoms with van der Waals surface area (Å²) in [6.07, 6.45) is 0. The molecule has 0 saturated heterocycles. The van der Waals surface area contributed by atoms with Crippen molar-refractivity contribution in [1.82, 2.24) is 0 Å². The molecule has 0 spiro atoms.